The van der Waals surface area contributed by atoms with Crippen molar-refractivity contribution in [2.45, 2.75) is 26.4 Å². The van der Waals surface area contributed by atoms with E-state index in [9.17, 15) is 10.0 Å². The first kappa shape index (κ1) is 11.5. The van der Waals surface area contributed by atoms with Gasteiger partial charge in [-0.15, -0.1) is 0 Å². The molecule has 0 radical (unpaired) electrons. The molecule has 0 fully saturated rings. The van der Waals surface area contributed by atoms with Crippen molar-refractivity contribution >= 4 is 6.03 Å². The maximum Gasteiger partial charge on any atom is 0.341 e. The molecule has 15 heavy (non-hydrogen) atoms. The Morgan fingerprint density at radius 2 is 2.00 bits per heavy atom. The summed E-state index contributed by atoms with van der Waals surface area (Å²) in [6.07, 6.45) is 0. The first-order valence-electron chi connectivity index (χ1n) is 4.90. The summed E-state index contributed by atoms with van der Waals surface area (Å²) in [7, 11) is 0. The Labute approximate surface area is 89.5 Å². The molecule has 0 saturated heterocycles. The minimum atomic E-state index is -0.478. The van der Waals surface area contributed by atoms with E-state index < -0.39 is 6.03 Å². The quantitative estimate of drug-likeness (QED) is 0.589. The van der Waals surface area contributed by atoms with E-state index in [-0.39, 0.29) is 12.6 Å². The molecule has 0 aliphatic carbocycles. The molecule has 0 atom stereocenters. The van der Waals surface area contributed by atoms with E-state index in [0.29, 0.717) is 5.06 Å². The molecule has 0 bridgehead atoms. The Morgan fingerprint density at radius 1 is 1.40 bits per heavy atom. The molecule has 1 rings (SSSR count). The molecule has 1 aromatic rings. The van der Waals surface area contributed by atoms with Gasteiger partial charge in [-0.05, 0) is 19.4 Å². The number of rotatable bonds is 3. The normalized spacial score (nSPS) is 10.1. The van der Waals surface area contributed by atoms with Gasteiger partial charge in [-0.2, -0.15) is 0 Å². The van der Waals surface area contributed by atoms with Crippen molar-refractivity contribution < 1.29 is 10.0 Å². The van der Waals surface area contributed by atoms with Gasteiger partial charge in [0.15, 0.2) is 0 Å². The molecular weight excluding hydrogens is 192 g/mol. The zero-order chi connectivity index (χ0) is 11.3. The third kappa shape index (κ3) is 3.99. The monoisotopic (exact) mass is 208 g/mol. The lowest BCUT2D eigenvalue weighted by atomic mass is 10.2. The summed E-state index contributed by atoms with van der Waals surface area (Å²) in [6.45, 7) is 3.88. The highest BCUT2D eigenvalue weighted by atomic mass is 16.5. The largest absolute Gasteiger partial charge is 0.341 e. The molecule has 0 aliphatic rings. The van der Waals surface area contributed by atoms with E-state index in [1.54, 1.807) is 0 Å². The highest BCUT2D eigenvalue weighted by molar-refractivity contribution is 5.73. The Morgan fingerprint density at radius 3 is 2.53 bits per heavy atom. The van der Waals surface area contributed by atoms with Crippen LogP contribution in [0.1, 0.15) is 19.4 Å². The number of nitrogens with one attached hydrogen (secondary N) is 1. The Hall–Kier alpha value is -1.55. The Bertz CT molecular complexity index is 312. The molecule has 4 nitrogen and oxygen atoms in total. The van der Waals surface area contributed by atoms with Crippen LogP contribution in [0.4, 0.5) is 4.79 Å². The van der Waals surface area contributed by atoms with Gasteiger partial charge in [0.2, 0.25) is 0 Å². The predicted octanol–water partition coefficient (Wildman–Crippen LogP) is 2.00. The molecule has 0 saturated carbocycles. The van der Waals surface area contributed by atoms with Crippen LogP contribution in [0.2, 0.25) is 0 Å². The predicted molar refractivity (Wildman–Crippen MR) is 57.4 cm³/mol. The van der Waals surface area contributed by atoms with Gasteiger partial charge in [-0.3, -0.25) is 5.21 Å². The fraction of sp³-hybridized carbons (Fsp3) is 0.364. The van der Waals surface area contributed by atoms with Gasteiger partial charge in [0, 0.05) is 6.04 Å². The number of nitrogens with zero attached hydrogens (tertiary/aromatic N) is 1. The van der Waals surface area contributed by atoms with Gasteiger partial charge in [0.25, 0.3) is 0 Å². The lowest BCUT2D eigenvalue weighted by molar-refractivity contribution is -0.0514. The number of urea groups is 1. The average Bonchev–Trinajstić information content (AvgIpc) is 2.18. The summed E-state index contributed by atoms with van der Waals surface area (Å²) >= 11 is 0. The number of hydroxylamine groups is 2. The van der Waals surface area contributed by atoms with E-state index in [2.05, 4.69) is 5.32 Å². The topological polar surface area (TPSA) is 52.6 Å². The van der Waals surface area contributed by atoms with Crippen LogP contribution < -0.4 is 5.32 Å². The number of hydrogen-bond acceptors (Lipinski definition) is 2. The van der Waals surface area contributed by atoms with Gasteiger partial charge in [0.1, 0.15) is 0 Å². The van der Waals surface area contributed by atoms with Crippen molar-refractivity contribution in [3.63, 3.8) is 0 Å². The second kappa shape index (κ2) is 5.36. The Kier molecular flexibility index (Phi) is 4.12. The van der Waals surface area contributed by atoms with E-state index in [4.69, 9.17) is 0 Å². The van der Waals surface area contributed by atoms with Crippen molar-refractivity contribution in [1.82, 2.24) is 10.4 Å². The summed E-state index contributed by atoms with van der Waals surface area (Å²) in [5.74, 6) is 0. The zero-order valence-corrected chi connectivity index (χ0v) is 8.97. The summed E-state index contributed by atoms with van der Waals surface area (Å²) in [5, 5.41) is 12.7. The maximum absolute atomic E-state index is 11.3. The number of amides is 2. The fourth-order valence-electron chi connectivity index (χ4n) is 1.15. The first-order valence-corrected chi connectivity index (χ1v) is 4.90. The van der Waals surface area contributed by atoms with Crippen LogP contribution in [0, 0.1) is 0 Å². The minimum absolute atomic E-state index is 0.0166. The zero-order valence-electron chi connectivity index (χ0n) is 8.97. The van der Waals surface area contributed by atoms with Gasteiger partial charge >= 0.3 is 6.03 Å². The van der Waals surface area contributed by atoms with E-state index in [1.165, 1.54) is 0 Å². The van der Waals surface area contributed by atoms with Crippen LogP contribution in [-0.4, -0.2) is 22.3 Å². The van der Waals surface area contributed by atoms with Crippen molar-refractivity contribution in [1.29, 1.82) is 0 Å². The van der Waals surface area contributed by atoms with Crippen LogP contribution in [0.15, 0.2) is 30.3 Å². The lowest BCUT2D eigenvalue weighted by Gasteiger charge is -2.17. The molecule has 1 aromatic carbocycles. The summed E-state index contributed by atoms with van der Waals surface area (Å²) < 4.78 is 0. The van der Waals surface area contributed by atoms with Crippen LogP contribution in [0.5, 0.6) is 0 Å². The third-order valence-corrected chi connectivity index (χ3v) is 1.82. The molecule has 2 amide bonds. The first-order chi connectivity index (χ1) is 7.09. The average molecular weight is 208 g/mol. The number of carbonyl (C=O) groups excluding carboxylic acids is 1. The summed E-state index contributed by atoms with van der Waals surface area (Å²) in [4.78, 5) is 11.3. The molecule has 4 heteroatoms. The fourth-order valence-corrected chi connectivity index (χ4v) is 1.15. The van der Waals surface area contributed by atoms with Crippen LogP contribution in [0.3, 0.4) is 0 Å². The summed E-state index contributed by atoms with van der Waals surface area (Å²) in [6, 6.07) is 8.86. The molecule has 0 spiro atoms. The van der Waals surface area contributed by atoms with Crippen molar-refractivity contribution in [3.8, 4) is 0 Å². The van der Waals surface area contributed by atoms with E-state index in [0.717, 1.165) is 5.56 Å². The van der Waals surface area contributed by atoms with Crippen molar-refractivity contribution in [3.05, 3.63) is 35.9 Å². The van der Waals surface area contributed by atoms with Gasteiger partial charge < -0.3 is 5.32 Å². The highest BCUT2D eigenvalue weighted by Gasteiger charge is 2.11. The molecule has 2 N–H and O–H groups in total. The number of carbonyl (C=O) groups is 1. The van der Waals surface area contributed by atoms with Crippen molar-refractivity contribution in [2.24, 2.45) is 0 Å². The number of benzene rings is 1. The van der Waals surface area contributed by atoms with Gasteiger partial charge in [0.05, 0.1) is 6.54 Å². The van der Waals surface area contributed by atoms with Gasteiger partial charge in [-0.1, -0.05) is 30.3 Å². The number of hydrogen-bond donors (Lipinski definition) is 2. The highest BCUT2D eigenvalue weighted by Crippen LogP contribution is 2.02. The second-order valence-corrected chi connectivity index (χ2v) is 3.65. The standard InChI is InChI=1S/C11H16N2O2/c1-9(2)12-11(14)13(15)8-10-6-4-3-5-7-10/h3-7,9,15H,8H2,1-2H3,(H,12,14). The molecule has 0 unspecified atom stereocenters. The molecule has 0 aromatic heterocycles. The van der Waals surface area contributed by atoms with Crippen molar-refractivity contribution in [2.75, 3.05) is 0 Å². The lowest BCUT2D eigenvalue weighted by Crippen LogP contribution is -2.40. The van der Waals surface area contributed by atoms with Crippen LogP contribution in [0.25, 0.3) is 0 Å². The molecule has 0 heterocycles. The van der Waals surface area contributed by atoms with E-state index >= 15 is 0 Å². The minimum Gasteiger partial charge on any atom is -0.334 e. The maximum atomic E-state index is 11.3. The second-order valence-electron chi connectivity index (χ2n) is 3.65. The molecular formula is C11H16N2O2. The molecule has 0 aliphatic heterocycles. The van der Waals surface area contributed by atoms with Crippen LogP contribution in [-0.2, 0) is 6.54 Å². The third-order valence-electron chi connectivity index (χ3n) is 1.82. The van der Waals surface area contributed by atoms with Gasteiger partial charge in [-0.25, -0.2) is 9.86 Å². The smallest absolute Gasteiger partial charge is 0.334 e. The van der Waals surface area contributed by atoms with E-state index in [1.807, 2.05) is 44.2 Å². The van der Waals surface area contributed by atoms with Crippen LogP contribution >= 0.6 is 0 Å². The summed E-state index contributed by atoms with van der Waals surface area (Å²) in [5.41, 5.74) is 0.888. The SMILES string of the molecule is CC(C)NC(=O)N(O)Cc1ccccc1. The molecule has 82 valence electrons. The Balaban J connectivity index is 2.49.